The van der Waals surface area contributed by atoms with Gasteiger partial charge in [0.05, 0.1) is 0 Å². The third kappa shape index (κ3) is 5.35. The molecule has 0 aliphatic rings. The van der Waals surface area contributed by atoms with Crippen LogP contribution in [0.25, 0.3) is 0 Å². The lowest BCUT2D eigenvalue weighted by Gasteiger charge is -2.16. The summed E-state index contributed by atoms with van der Waals surface area (Å²) < 4.78 is 0. The van der Waals surface area contributed by atoms with E-state index in [9.17, 15) is 10.1 Å². The Balaban J connectivity index is 3.76. The molecule has 0 aliphatic heterocycles. The van der Waals surface area contributed by atoms with Crippen LogP contribution in [0.3, 0.4) is 0 Å². The van der Waals surface area contributed by atoms with Crippen molar-refractivity contribution >= 4 is 11.6 Å². The van der Waals surface area contributed by atoms with Gasteiger partial charge in [-0.3, -0.25) is 10.1 Å². The molecule has 0 fully saturated rings. The molecule has 0 N–H and O–H groups in total. The Morgan fingerprint density at radius 1 is 1.42 bits per heavy atom. The molecular formula is C8H16ClNO2. The summed E-state index contributed by atoms with van der Waals surface area (Å²) in [5.41, 5.74) is 0. The second-order valence-electron chi connectivity index (χ2n) is 3.64. The fourth-order valence-electron chi connectivity index (χ4n) is 1.21. The van der Waals surface area contributed by atoms with Crippen LogP contribution in [-0.2, 0) is 0 Å². The first kappa shape index (κ1) is 11.7. The van der Waals surface area contributed by atoms with E-state index >= 15 is 0 Å². The molecule has 3 nitrogen and oxygen atoms in total. The van der Waals surface area contributed by atoms with Crippen LogP contribution in [-0.4, -0.2) is 16.8 Å². The fraction of sp³-hybridized carbons (Fsp3) is 1.00. The highest BCUT2D eigenvalue weighted by Crippen LogP contribution is 2.19. The molecule has 0 radical (unpaired) electrons. The average molecular weight is 194 g/mol. The van der Waals surface area contributed by atoms with Gasteiger partial charge in [-0.05, 0) is 18.3 Å². The van der Waals surface area contributed by atoms with E-state index in [4.69, 9.17) is 11.6 Å². The summed E-state index contributed by atoms with van der Waals surface area (Å²) in [4.78, 5) is 9.77. The number of hydrogen-bond donors (Lipinski definition) is 0. The molecule has 0 amide bonds. The summed E-state index contributed by atoms with van der Waals surface area (Å²) in [6.45, 7) is 6.01. The molecule has 2 atom stereocenters. The number of halogens is 1. The fourth-order valence-corrected chi connectivity index (χ4v) is 1.43. The zero-order chi connectivity index (χ0) is 9.72. The standard InChI is InChI=1S/C8H16ClNO2/c1-6(2)4-7(3)8(9)5-10(11)12/h6-8H,4-5H2,1-3H3. The summed E-state index contributed by atoms with van der Waals surface area (Å²) in [5, 5.41) is 9.79. The van der Waals surface area contributed by atoms with Crippen molar-refractivity contribution in [2.24, 2.45) is 11.8 Å². The highest BCUT2D eigenvalue weighted by molar-refractivity contribution is 6.20. The van der Waals surface area contributed by atoms with Crippen LogP contribution in [0.5, 0.6) is 0 Å². The molecule has 0 aromatic carbocycles. The van der Waals surface area contributed by atoms with Crippen LogP contribution in [0, 0.1) is 22.0 Å². The third-order valence-electron chi connectivity index (χ3n) is 1.78. The van der Waals surface area contributed by atoms with Crippen molar-refractivity contribution in [2.75, 3.05) is 6.54 Å². The topological polar surface area (TPSA) is 43.1 Å². The second kappa shape index (κ2) is 5.36. The first-order chi connectivity index (χ1) is 5.43. The van der Waals surface area contributed by atoms with Crippen molar-refractivity contribution in [1.29, 1.82) is 0 Å². The molecule has 12 heavy (non-hydrogen) atoms. The van der Waals surface area contributed by atoms with Crippen molar-refractivity contribution in [3.63, 3.8) is 0 Å². The molecule has 0 bridgehead atoms. The normalized spacial score (nSPS) is 16.1. The van der Waals surface area contributed by atoms with Crippen molar-refractivity contribution in [3.05, 3.63) is 10.1 Å². The molecule has 0 aromatic rings. The number of nitrogens with zero attached hydrogens (tertiary/aromatic N) is 1. The largest absolute Gasteiger partial charge is 0.264 e. The molecule has 72 valence electrons. The van der Waals surface area contributed by atoms with Gasteiger partial charge in [-0.15, -0.1) is 11.6 Å². The Labute approximate surface area is 78.3 Å². The van der Waals surface area contributed by atoms with Crippen LogP contribution in [0.15, 0.2) is 0 Å². The molecule has 0 rings (SSSR count). The van der Waals surface area contributed by atoms with Crippen LogP contribution in [0.4, 0.5) is 0 Å². The SMILES string of the molecule is CC(C)CC(C)C(Cl)C[N+](=O)[O-]. The molecule has 2 unspecified atom stereocenters. The predicted octanol–water partition coefficient (Wildman–Crippen LogP) is 2.55. The minimum atomic E-state index is -0.353. The average Bonchev–Trinajstić information content (AvgIpc) is 1.84. The lowest BCUT2D eigenvalue weighted by molar-refractivity contribution is -0.480. The first-order valence-electron chi connectivity index (χ1n) is 4.19. The van der Waals surface area contributed by atoms with E-state index in [1.165, 1.54) is 0 Å². The van der Waals surface area contributed by atoms with Gasteiger partial charge in [0.2, 0.25) is 6.54 Å². The summed E-state index contributed by atoms with van der Waals surface area (Å²) in [7, 11) is 0. The van der Waals surface area contributed by atoms with Gasteiger partial charge < -0.3 is 0 Å². The van der Waals surface area contributed by atoms with E-state index in [1.807, 2.05) is 6.92 Å². The summed E-state index contributed by atoms with van der Waals surface area (Å²) >= 11 is 5.83. The van der Waals surface area contributed by atoms with Crippen LogP contribution < -0.4 is 0 Å². The van der Waals surface area contributed by atoms with E-state index in [-0.39, 0.29) is 22.8 Å². The van der Waals surface area contributed by atoms with Gasteiger partial charge in [0.15, 0.2) is 0 Å². The molecule has 0 aliphatic carbocycles. The van der Waals surface area contributed by atoms with Crippen molar-refractivity contribution in [3.8, 4) is 0 Å². The summed E-state index contributed by atoms with van der Waals surface area (Å²) in [5.74, 6) is 0.769. The van der Waals surface area contributed by atoms with Crippen molar-refractivity contribution in [2.45, 2.75) is 32.6 Å². The highest BCUT2D eigenvalue weighted by Gasteiger charge is 2.20. The summed E-state index contributed by atoms with van der Waals surface area (Å²) in [6.07, 6.45) is 0.946. The van der Waals surface area contributed by atoms with Gasteiger partial charge in [-0.1, -0.05) is 20.8 Å². The maximum absolute atomic E-state index is 10.1. The zero-order valence-corrected chi connectivity index (χ0v) is 8.54. The molecular weight excluding hydrogens is 178 g/mol. The molecule has 0 heterocycles. The van der Waals surface area contributed by atoms with E-state index in [1.54, 1.807) is 0 Å². The Bertz CT molecular complexity index is 150. The lowest BCUT2D eigenvalue weighted by atomic mass is 9.96. The molecule has 0 saturated carbocycles. The third-order valence-corrected chi connectivity index (χ3v) is 2.35. The Morgan fingerprint density at radius 3 is 2.25 bits per heavy atom. The Kier molecular flexibility index (Phi) is 5.22. The van der Waals surface area contributed by atoms with Crippen LogP contribution >= 0.6 is 11.6 Å². The van der Waals surface area contributed by atoms with Gasteiger partial charge in [0, 0.05) is 4.92 Å². The summed E-state index contributed by atoms with van der Waals surface area (Å²) in [6, 6.07) is 0. The monoisotopic (exact) mass is 193 g/mol. The smallest absolute Gasteiger partial charge is 0.220 e. The molecule has 0 saturated heterocycles. The number of nitro groups is 1. The van der Waals surface area contributed by atoms with Gasteiger partial charge in [-0.25, -0.2) is 0 Å². The Hall–Kier alpha value is -0.310. The molecule has 4 heteroatoms. The molecule has 0 aromatic heterocycles. The number of hydrogen-bond acceptors (Lipinski definition) is 2. The minimum absolute atomic E-state index is 0.130. The van der Waals surface area contributed by atoms with Crippen LogP contribution in [0.2, 0.25) is 0 Å². The first-order valence-corrected chi connectivity index (χ1v) is 4.63. The quantitative estimate of drug-likeness (QED) is 0.383. The van der Waals surface area contributed by atoms with Gasteiger partial charge in [0.1, 0.15) is 5.38 Å². The van der Waals surface area contributed by atoms with E-state index in [0.29, 0.717) is 5.92 Å². The maximum atomic E-state index is 10.1. The number of alkyl halides is 1. The molecule has 0 spiro atoms. The second-order valence-corrected chi connectivity index (χ2v) is 4.20. The Morgan fingerprint density at radius 2 is 1.92 bits per heavy atom. The maximum Gasteiger partial charge on any atom is 0.220 e. The van der Waals surface area contributed by atoms with E-state index in [0.717, 1.165) is 6.42 Å². The van der Waals surface area contributed by atoms with Crippen LogP contribution in [0.1, 0.15) is 27.2 Å². The van der Waals surface area contributed by atoms with Gasteiger partial charge in [0.25, 0.3) is 0 Å². The lowest BCUT2D eigenvalue weighted by Crippen LogP contribution is -2.22. The van der Waals surface area contributed by atoms with Crippen molar-refractivity contribution in [1.82, 2.24) is 0 Å². The predicted molar refractivity (Wildman–Crippen MR) is 50.1 cm³/mol. The zero-order valence-electron chi connectivity index (χ0n) is 7.79. The highest BCUT2D eigenvalue weighted by atomic mass is 35.5. The van der Waals surface area contributed by atoms with Crippen molar-refractivity contribution < 1.29 is 4.92 Å². The number of rotatable bonds is 5. The van der Waals surface area contributed by atoms with E-state index < -0.39 is 0 Å². The van der Waals surface area contributed by atoms with E-state index in [2.05, 4.69) is 13.8 Å². The van der Waals surface area contributed by atoms with Gasteiger partial charge in [-0.2, -0.15) is 0 Å². The van der Waals surface area contributed by atoms with Gasteiger partial charge >= 0.3 is 0 Å². The minimum Gasteiger partial charge on any atom is -0.264 e.